The van der Waals surface area contributed by atoms with E-state index in [9.17, 15) is 0 Å². The smallest absolute Gasteiger partial charge is 0.132 e. The molecule has 1 aliphatic rings. The monoisotopic (exact) mass is 352 g/mol. The predicted molar refractivity (Wildman–Crippen MR) is 103 cm³/mol. The molecule has 0 atom stereocenters. The zero-order chi connectivity index (χ0) is 17.1. The van der Waals surface area contributed by atoms with Crippen LogP contribution in [0.5, 0.6) is 0 Å². The van der Waals surface area contributed by atoms with Gasteiger partial charge in [-0.15, -0.1) is 0 Å². The van der Waals surface area contributed by atoms with Gasteiger partial charge in [0.05, 0.1) is 11.9 Å². The van der Waals surface area contributed by atoms with Crippen molar-refractivity contribution in [3.8, 4) is 0 Å². The van der Waals surface area contributed by atoms with Crippen LogP contribution < -0.4 is 4.90 Å². The first-order valence-electron chi connectivity index (χ1n) is 8.71. The molecule has 0 spiro atoms. The Morgan fingerprint density at radius 1 is 0.960 bits per heavy atom. The van der Waals surface area contributed by atoms with E-state index in [1.165, 1.54) is 16.5 Å². The second kappa shape index (κ2) is 7.38. The molecule has 3 heterocycles. The second-order valence-electron chi connectivity index (χ2n) is 6.41. The second-order valence-corrected chi connectivity index (χ2v) is 6.77. The third-order valence-corrected chi connectivity index (χ3v) is 5.23. The number of hydrogen-bond acceptors (Lipinski definition) is 4. The average molecular weight is 353 g/mol. The van der Waals surface area contributed by atoms with Gasteiger partial charge in [-0.1, -0.05) is 41.9 Å². The van der Waals surface area contributed by atoms with E-state index < -0.39 is 0 Å². The number of nitrogens with zero attached hydrogens (tertiary/aromatic N) is 4. The number of fused-ring (bicyclic) bond motifs is 1. The zero-order valence-corrected chi connectivity index (χ0v) is 14.9. The Morgan fingerprint density at radius 3 is 2.64 bits per heavy atom. The van der Waals surface area contributed by atoms with Gasteiger partial charge in [0, 0.05) is 55.9 Å². The summed E-state index contributed by atoms with van der Waals surface area (Å²) in [4.78, 5) is 13.5. The first-order valence-corrected chi connectivity index (χ1v) is 9.08. The minimum Gasteiger partial charge on any atom is -0.367 e. The SMILES string of the molecule is Clc1ncccc1CCN1CCN(c2cncc3ccccc23)CC1. The Kier molecular flexibility index (Phi) is 4.81. The van der Waals surface area contributed by atoms with Gasteiger partial charge in [0.2, 0.25) is 0 Å². The lowest BCUT2D eigenvalue weighted by atomic mass is 10.1. The molecule has 0 bridgehead atoms. The maximum atomic E-state index is 6.16. The molecule has 128 valence electrons. The maximum absolute atomic E-state index is 6.16. The fourth-order valence-corrected chi connectivity index (χ4v) is 3.66. The Labute approximate surface area is 153 Å². The predicted octanol–water partition coefficient (Wildman–Crippen LogP) is 3.65. The van der Waals surface area contributed by atoms with E-state index in [0.29, 0.717) is 5.15 Å². The third kappa shape index (κ3) is 3.60. The molecule has 2 aromatic heterocycles. The van der Waals surface area contributed by atoms with Crippen molar-refractivity contribution >= 4 is 28.1 Å². The molecular weight excluding hydrogens is 332 g/mol. The highest BCUT2D eigenvalue weighted by Crippen LogP contribution is 2.26. The van der Waals surface area contributed by atoms with Gasteiger partial charge in [0.15, 0.2) is 0 Å². The molecule has 0 unspecified atom stereocenters. The van der Waals surface area contributed by atoms with Gasteiger partial charge in [0.1, 0.15) is 5.15 Å². The van der Waals surface area contributed by atoms with Crippen molar-refractivity contribution in [3.63, 3.8) is 0 Å². The first kappa shape index (κ1) is 16.3. The first-order chi connectivity index (χ1) is 12.3. The fraction of sp³-hybridized carbons (Fsp3) is 0.300. The van der Waals surface area contributed by atoms with Crippen molar-refractivity contribution in [1.29, 1.82) is 0 Å². The molecule has 0 N–H and O–H groups in total. The van der Waals surface area contributed by atoms with Gasteiger partial charge < -0.3 is 4.90 Å². The lowest BCUT2D eigenvalue weighted by Gasteiger charge is -2.36. The summed E-state index contributed by atoms with van der Waals surface area (Å²) in [5, 5.41) is 3.12. The minimum absolute atomic E-state index is 0.628. The molecule has 0 amide bonds. The molecule has 1 saturated heterocycles. The topological polar surface area (TPSA) is 32.3 Å². The summed E-state index contributed by atoms with van der Waals surface area (Å²) in [5.41, 5.74) is 2.37. The molecule has 1 fully saturated rings. The number of hydrogen-bond donors (Lipinski definition) is 0. The highest BCUT2D eigenvalue weighted by atomic mass is 35.5. The van der Waals surface area contributed by atoms with Gasteiger partial charge >= 0.3 is 0 Å². The Balaban J connectivity index is 1.39. The number of aromatic nitrogens is 2. The number of halogens is 1. The molecule has 1 aromatic carbocycles. The van der Waals surface area contributed by atoms with Crippen LogP contribution in [0.4, 0.5) is 5.69 Å². The Morgan fingerprint density at radius 2 is 1.80 bits per heavy atom. The van der Waals surface area contributed by atoms with E-state index in [-0.39, 0.29) is 0 Å². The highest BCUT2D eigenvalue weighted by Gasteiger charge is 2.19. The third-order valence-electron chi connectivity index (χ3n) is 4.89. The lowest BCUT2D eigenvalue weighted by molar-refractivity contribution is 0.261. The summed E-state index contributed by atoms with van der Waals surface area (Å²) < 4.78 is 0. The number of anilines is 1. The van der Waals surface area contributed by atoms with Crippen LogP contribution in [0.3, 0.4) is 0 Å². The molecule has 0 radical (unpaired) electrons. The van der Waals surface area contributed by atoms with Gasteiger partial charge in [-0.2, -0.15) is 0 Å². The molecule has 0 aliphatic carbocycles. The minimum atomic E-state index is 0.628. The van der Waals surface area contributed by atoms with E-state index >= 15 is 0 Å². The van der Waals surface area contributed by atoms with Gasteiger partial charge in [-0.3, -0.25) is 9.88 Å². The van der Waals surface area contributed by atoms with Crippen LogP contribution in [-0.4, -0.2) is 47.6 Å². The zero-order valence-electron chi connectivity index (χ0n) is 14.1. The van der Waals surface area contributed by atoms with Crippen LogP contribution in [0.15, 0.2) is 55.0 Å². The molecule has 4 rings (SSSR count). The molecular formula is C20H21ClN4. The molecule has 4 nitrogen and oxygen atoms in total. The van der Waals surface area contributed by atoms with E-state index in [1.807, 2.05) is 18.5 Å². The quantitative estimate of drug-likeness (QED) is 0.671. The van der Waals surface area contributed by atoms with E-state index in [0.717, 1.165) is 44.7 Å². The summed E-state index contributed by atoms with van der Waals surface area (Å²) in [5.74, 6) is 0. The van der Waals surface area contributed by atoms with Crippen molar-refractivity contribution in [3.05, 3.63) is 65.7 Å². The number of benzene rings is 1. The summed E-state index contributed by atoms with van der Waals surface area (Å²) in [6, 6.07) is 12.5. The van der Waals surface area contributed by atoms with Crippen LogP contribution in [-0.2, 0) is 6.42 Å². The standard InChI is InChI=1S/C20H21ClN4/c21-20-16(5-3-8-23-20)7-9-24-10-12-25(13-11-24)19-15-22-14-17-4-1-2-6-18(17)19/h1-6,8,14-15H,7,9-13H2. The van der Waals surface area contributed by atoms with Crippen molar-refractivity contribution in [2.24, 2.45) is 0 Å². The lowest BCUT2D eigenvalue weighted by Crippen LogP contribution is -2.47. The summed E-state index contributed by atoms with van der Waals surface area (Å²) >= 11 is 6.16. The Bertz CT molecular complexity index is 854. The number of pyridine rings is 2. The van der Waals surface area contributed by atoms with Crippen LogP contribution in [0, 0.1) is 0 Å². The van der Waals surface area contributed by atoms with Crippen LogP contribution in [0.25, 0.3) is 10.8 Å². The van der Waals surface area contributed by atoms with Crippen LogP contribution in [0.2, 0.25) is 5.15 Å². The molecule has 25 heavy (non-hydrogen) atoms. The summed E-state index contributed by atoms with van der Waals surface area (Å²) in [6.45, 7) is 5.18. The molecule has 5 heteroatoms. The van der Waals surface area contributed by atoms with Crippen molar-refractivity contribution in [1.82, 2.24) is 14.9 Å². The van der Waals surface area contributed by atoms with Gasteiger partial charge in [0.25, 0.3) is 0 Å². The molecule has 1 aliphatic heterocycles. The van der Waals surface area contributed by atoms with E-state index in [1.54, 1.807) is 6.20 Å². The molecule has 3 aromatic rings. The van der Waals surface area contributed by atoms with Crippen molar-refractivity contribution in [2.75, 3.05) is 37.6 Å². The van der Waals surface area contributed by atoms with Crippen LogP contribution >= 0.6 is 11.6 Å². The number of piperazine rings is 1. The maximum Gasteiger partial charge on any atom is 0.132 e. The Hall–Kier alpha value is -2.17. The van der Waals surface area contributed by atoms with Crippen LogP contribution in [0.1, 0.15) is 5.56 Å². The number of rotatable bonds is 4. The summed E-state index contributed by atoms with van der Waals surface area (Å²) in [6.07, 6.45) is 6.62. The van der Waals surface area contributed by atoms with E-state index in [4.69, 9.17) is 11.6 Å². The van der Waals surface area contributed by atoms with Gasteiger partial charge in [-0.05, 0) is 18.1 Å². The van der Waals surface area contributed by atoms with Crippen molar-refractivity contribution in [2.45, 2.75) is 6.42 Å². The van der Waals surface area contributed by atoms with E-state index in [2.05, 4.69) is 50.1 Å². The van der Waals surface area contributed by atoms with Crippen molar-refractivity contribution < 1.29 is 0 Å². The average Bonchev–Trinajstić information content (AvgIpc) is 2.67. The largest absolute Gasteiger partial charge is 0.367 e. The molecule has 0 saturated carbocycles. The highest BCUT2D eigenvalue weighted by molar-refractivity contribution is 6.30. The van der Waals surface area contributed by atoms with Gasteiger partial charge in [-0.25, -0.2) is 4.98 Å². The fourth-order valence-electron chi connectivity index (χ4n) is 3.45. The normalized spacial score (nSPS) is 15.6. The summed E-state index contributed by atoms with van der Waals surface area (Å²) in [7, 11) is 0.